The second kappa shape index (κ2) is 12.8. The van der Waals surface area contributed by atoms with Crippen LogP contribution < -0.4 is 15.4 Å². The second-order valence-electron chi connectivity index (χ2n) is 9.00. The number of pyridine rings is 1. The largest absolute Gasteiger partial charge is 0.491 e. The number of benzene rings is 3. The van der Waals surface area contributed by atoms with Crippen molar-refractivity contribution in [2.45, 2.75) is 39.5 Å². The molecule has 0 unspecified atom stereocenters. The molecule has 0 radical (unpaired) electrons. The van der Waals surface area contributed by atoms with Gasteiger partial charge < -0.3 is 15.4 Å². The number of carbonyl (C=O) groups is 1. The standard InChI is InChI=1S/C31H35N3O2/c1-3-11-28(35)26-22-33-31-25(30(26)34-27-16-8-7-12-23(27)2)15-9-17-29(31)36-21-10-19-32-20-18-24-13-5-4-6-14-24/h4-9,12-17,22,32H,3,10-11,18-21H2,1-2H3,(H,33,34). The van der Waals surface area contributed by atoms with Crippen LogP contribution in [-0.4, -0.2) is 30.5 Å². The fraction of sp³-hybridized carbons (Fsp3) is 0.290. The zero-order chi connectivity index (χ0) is 25.2. The number of ketones is 1. The van der Waals surface area contributed by atoms with Gasteiger partial charge in [-0.25, -0.2) is 0 Å². The van der Waals surface area contributed by atoms with E-state index in [0.717, 1.165) is 65.9 Å². The molecule has 0 bridgehead atoms. The molecule has 4 aromatic rings. The molecular weight excluding hydrogens is 446 g/mol. The quantitative estimate of drug-likeness (QED) is 0.161. The highest BCUT2D eigenvalue weighted by molar-refractivity contribution is 6.09. The molecule has 4 rings (SSSR count). The Morgan fingerprint density at radius 2 is 1.75 bits per heavy atom. The number of aromatic nitrogens is 1. The van der Waals surface area contributed by atoms with Crippen molar-refractivity contribution in [3.05, 3.63) is 95.7 Å². The molecule has 36 heavy (non-hydrogen) atoms. The number of hydrogen-bond acceptors (Lipinski definition) is 5. The lowest BCUT2D eigenvalue weighted by atomic mass is 10.0. The zero-order valence-electron chi connectivity index (χ0n) is 21.2. The number of nitrogens with zero attached hydrogens (tertiary/aromatic N) is 1. The Bertz CT molecular complexity index is 1290. The average molecular weight is 482 g/mol. The van der Waals surface area contributed by atoms with E-state index in [2.05, 4.69) is 52.9 Å². The Balaban J connectivity index is 1.46. The lowest BCUT2D eigenvalue weighted by molar-refractivity contribution is 0.0982. The van der Waals surface area contributed by atoms with E-state index in [0.29, 0.717) is 18.6 Å². The Hall–Kier alpha value is -3.70. The summed E-state index contributed by atoms with van der Waals surface area (Å²) in [5.74, 6) is 0.829. The van der Waals surface area contributed by atoms with Crippen molar-refractivity contribution in [3.63, 3.8) is 0 Å². The van der Waals surface area contributed by atoms with Crippen LogP contribution in [0.1, 0.15) is 47.7 Å². The number of aryl methyl sites for hydroxylation is 1. The van der Waals surface area contributed by atoms with Gasteiger partial charge in [0, 0.05) is 23.7 Å². The number of hydrogen-bond donors (Lipinski definition) is 2. The van der Waals surface area contributed by atoms with Crippen molar-refractivity contribution in [3.8, 4) is 5.75 Å². The predicted molar refractivity (Wildman–Crippen MR) is 149 cm³/mol. The van der Waals surface area contributed by atoms with Gasteiger partial charge in [-0.2, -0.15) is 0 Å². The number of rotatable bonds is 13. The van der Waals surface area contributed by atoms with Gasteiger partial charge in [0.1, 0.15) is 11.3 Å². The summed E-state index contributed by atoms with van der Waals surface area (Å²) in [5, 5.41) is 7.90. The second-order valence-corrected chi connectivity index (χ2v) is 9.00. The lowest BCUT2D eigenvalue weighted by Crippen LogP contribution is -2.20. The van der Waals surface area contributed by atoms with Crippen LogP contribution in [-0.2, 0) is 6.42 Å². The topological polar surface area (TPSA) is 63.2 Å². The predicted octanol–water partition coefficient (Wildman–Crippen LogP) is 6.87. The summed E-state index contributed by atoms with van der Waals surface area (Å²) in [6.07, 6.45) is 4.89. The molecule has 0 spiro atoms. The number of Topliss-reactive ketones (excluding diaryl/α,β-unsaturated/α-hetero) is 1. The molecule has 0 aliphatic heterocycles. The van der Waals surface area contributed by atoms with E-state index in [4.69, 9.17) is 4.74 Å². The highest BCUT2D eigenvalue weighted by atomic mass is 16.5. The minimum absolute atomic E-state index is 0.0934. The monoisotopic (exact) mass is 481 g/mol. The first-order valence-electron chi connectivity index (χ1n) is 12.8. The molecule has 0 amide bonds. The molecule has 2 N–H and O–H groups in total. The molecule has 0 atom stereocenters. The summed E-state index contributed by atoms with van der Waals surface area (Å²) in [6, 6.07) is 24.5. The van der Waals surface area contributed by atoms with Gasteiger partial charge in [0.05, 0.1) is 17.9 Å². The molecule has 186 valence electrons. The average Bonchev–Trinajstić information content (AvgIpc) is 2.90. The molecule has 0 aliphatic carbocycles. The Kier molecular flexibility index (Phi) is 9.06. The Labute approximate surface area is 213 Å². The highest BCUT2D eigenvalue weighted by Gasteiger charge is 2.17. The first kappa shape index (κ1) is 25.4. The van der Waals surface area contributed by atoms with Crippen LogP contribution in [0.4, 0.5) is 11.4 Å². The number of ether oxygens (including phenoxy) is 1. The number of fused-ring (bicyclic) bond motifs is 1. The SMILES string of the molecule is CCCC(=O)c1cnc2c(OCCCNCCc3ccccc3)cccc2c1Nc1ccccc1C. The number of nitrogens with one attached hydrogen (secondary N) is 2. The minimum Gasteiger partial charge on any atom is -0.491 e. The van der Waals surface area contributed by atoms with Crippen LogP contribution in [0, 0.1) is 6.92 Å². The smallest absolute Gasteiger partial charge is 0.166 e. The van der Waals surface area contributed by atoms with Crippen molar-refractivity contribution < 1.29 is 9.53 Å². The zero-order valence-corrected chi connectivity index (χ0v) is 21.2. The first-order chi connectivity index (χ1) is 17.7. The Morgan fingerprint density at radius 1 is 0.944 bits per heavy atom. The van der Waals surface area contributed by atoms with Gasteiger partial charge in [0.15, 0.2) is 5.78 Å². The van der Waals surface area contributed by atoms with Crippen molar-refractivity contribution in [2.75, 3.05) is 25.0 Å². The summed E-state index contributed by atoms with van der Waals surface area (Å²) >= 11 is 0. The summed E-state index contributed by atoms with van der Waals surface area (Å²) in [7, 11) is 0. The third kappa shape index (κ3) is 6.49. The van der Waals surface area contributed by atoms with Gasteiger partial charge in [-0.15, -0.1) is 0 Å². The van der Waals surface area contributed by atoms with Gasteiger partial charge in [-0.05, 0) is 62.5 Å². The Morgan fingerprint density at radius 3 is 2.56 bits per heavy atom. The fourth-order valence-electron chi connectivity index (χ4n) is 4.25. The van der Waals surface area contributed by atoms with Crippen molar-refractivity contribution in [2.24, 2.45) is 0 Å². The van der Waals surface area contributed by atoms with Crippen LogP contribution in [0.5, 0.6) is 5.75 Å². The summed E-state index contributed by atoms with van der Waals surface area (Å²) in [5.41, 5.74) is 5.61. The lowest BCUT2D eigenvalue weighted by Gasteiger charge is -2.17. The third-order valence-electron chi connectivity index (χ3n) is 6.23. The summed E-state index contributed by atoms with van der Waals surface area (Å²) < 4.78 is 6.15. The van der Waals surface area contributed by atoms with E-state index in [1.165, 1.54) is 5.56 Å². The summed E-state index contributed by atoms with van der Waals surface area (Å²) in [4.78, 5) is 17.6. The van der Waals surface area contributed by atoms with Crippen LogP contribution >= 0.6 is 0 Å². The number of carbonyl (C=O) groups excluding carboxylic acids is 1. The first-order valence-corrected chi connectivity index (χ1v) is 12.8. The maximum absolute atomic E-state index is 12.9. The van der Waals surface area contributed by atoms with Crippen molar-refractivity contribution in [1.29, 1.82) is 0 Å². The van der Waals surface area contributed by atoms with Gasteiger partial charge >= 0.3 is 0 Å². The van der Waals surface area contributed by atoms with E-state index in [1.54, 1.807) is 6.20 Å². The summed E-state index contributed by atoms with van der Waals surface area (Å²) in [6.45, 7) is 6.50. The van der Waals surface area contributed by atoms with Gasteiger partial charge in [0.2, 0.25) is 0 Å². The van der Waals surface area contributed by atoms with E-state index in [1.807, 2.05) is 49.4 Å². The molecule has 5 heteroatoms. The van der Waals surface area contributed by atoms with E-state index >= 15 is 0 Å². The van der Waals surface area contributed by atoms with Crippen LogP contribution in [0.3, 0.4) is 0 Å². The molecule has 5 nitrogen and oxygen atoms in total. The van der Waals surface area contributed by atoms with Crippen LogP contribution in [0.2, 0.25) is 0 Å². The maximum Gasteiger partial charge on any atom is 0.166 e. The van der Waals surface area contributed by atoms with Gasteiger partial charge in [-0.3, -0.25) is 9.78 Å². The number of para-hydroxylation sites is 2. The van der Waals surface area contributed by atoms with Gasteiger partial charge in [0.25, 0.3) is 0 Å². The normalized spacial score (nSPS) is 10.9. The van der Waals surface area contributed by atoms with E-state index < -0.39 is 0 Å². The molecule has 0 aliphatic rings. The number of anilines is 2. The molecule has 0 saturated heterocycles. The van der Waals surface area contributed by atoms with Gasteiger partial charge in [-0.1, -0.05) is 67.6 Å². The third-order valence-corrected chi connectivity index (χ3v) is 6.23. The van der Waals surface area contributed by atoms with Crippen LogP contribution in [0.15, 0.2) is 79.0 Å². The van der Waals surface area contributed by atoms with E-state index in [9.17, 15) is 4.79 Å². The molecule has 1 heterocycles. The molecule has 0 fully saturated rings. The molecule has 3 aromatic carbocycles. The minimum atomic E-state index is 0.0934. The van der Waals surface area contributed by atoms with Crippen molar-refractivity contribution >= 4 is 28.1 Å². The van der Waals surface area contributed by atoms with Crippen molar-refractivity contribution in [1.82, 2.24) is 10.3 Å². The van der Waals surface area contributed by atoms with E-state index in [-0.39, 0.29) is 5.78 Å². The van der Waals surface area contributed by atoms with Crippen LogP contribution in [0.25, 0.3) is 10.9 Å². The molecular formula is C31H35N3O2. The fourth-order valence-corrected chi connectivity index (χ4v) is 4.25. The maximum atomic E-state index is 12.9. The highest BCUT2D eigenvalue weighted by Crippen LogP contribution is 2.35. The molecule has 1 aromatic heterocycles. The molecule has 0 saturated carbocycles.